The highest BCUT2D eigenvalue weighted by molar-refractivity contribution is 5.92. The number of halogens is 6. The molecule has 4 nitrogen and oxygen atoms in total. The van der Waals surface area contributed by atoms with Gasteiger partial charge in [-0.2, -0.15) is 26.3 Å². The van der Waals surface area contributed by atoms with Crippen LogP contribution in [0.3, 0.4) is 0 Å². The predicted molar refractivity (Wildman–Crippen MR) is 61.6 cm³/mol. The van der Waals surface area contributed by atoms with Crippen molar-refractivity contribution in [3.63, 3.8) is 0 Å². The Labute approximate surface area is 122 Å². The first-order chi connectivity index (χ1) is 9.49. The Balaban J connectivity index is 4.75. The molecule has 10 heteroatoms. The number of hydrogen-bond donors (Lipinski definition) is 0. The molecule has 0 aliphatic heterocycles. The molecule has 0 aliphatic carbocycles. The van der Waals surface area contributed by atoms with Crippen molar-refractivity contribution in [1.29, 1.82) is 0 Å². The van der Waals surface area contributed by atoms with Gasteiger partial charge in [0.25, 0.3) is 0 Å². The minimum Gasteiger partial charge on any atom is -0.447 e. The molecule has 0 amide bonds. The van der Waals surface area contributed by atoms with Gasteiger partial charge in [0.15, 0.2) is 0 Å². The van der Waals surface area contributed by atoms with Gasteiger partial charge in [0.2, 0.25) is 11.2 Å². The maximum Gasteiger partial charge on any atom is 0.427 e. The third-order valence-electron chi connectivity index (χ3n) is 2.43. The number of hydrogen-bond acceptors (Lipinski definition) is 4. The molecule has 0 spiro atoms. The van der Waals surface area contributed by atoms with E-state index in [2.05, 4.69) is 9.47 Å². The number of esters is 2. The van der Waals surface area contributed by atoms with Crippen LogP contribution in [0.2, 0.25) is 0 Å². The lowest BCUT2D eigenvalue weighted by Gasteiger charge is -2.27. The van der Waals surface area contributed by atoms with Crippen LogP contribution in [0.15, 0.2) is 12.2 Å². The molecule has 0 atom stereocenters. The van der Waals surface area contributed by atoms with Crippen molar-refractivity contribution in [2.24, 2.45) is 0 Å². The van der Waals surface area contributed by atoms with Gasteiger partial charge in [-0.3, -0.25) is 0 Å². The molecule has 0 saturated carbocycles. The van der Waals surface area contributed by atoms with Crippen molar-refractivity contribution in [2.75, 3.05) is 0 Å². The van der Waals surface area contributed by atoms with Crippen molar-refractivity contribution >= 4 is 11.9 Å². The summed E-state index contributed by atoms with van der Waals surface area (Å²) in [5, 5.41) is 0. The standard InChI is InChI=1S/C12H14F6O4/c1-9(2,11(13,14)15)21-7(19)5-6-8(20)22-10(3,4)12(16,17)18/h5-6H,1-4H3/b6-5+. The second-order valence-electron chi connectivity index (χ2n) is 5.19. The molecular formula is C12H14F6O4. The quantitative estimate of drug-likeness (QED) is 0.449. The van der Waals surface area contributed by atoms with Gasteiger partial charge in [-0.25, -0.2) is 9.59 Å². The zero-order valence-corrected chi connectivity index (χ0v) is 12.1. The summed E-state index contributed by atoms with van der Waals surface area (Å²) >= 11 is 0. The maximum absolute atomic E-state index is 12.4. The van der Waals surface area contributed by atoms with E-state index in [1.807, 2.05) is 0 Å². The van der Waals surface area contributed by atoms with E-state index in [1.54, 1.807) is 0 Å². The minimum absolute atomic E-state index is 0.252. The number of carbonyl (C=O) groups excluding carboxylic acids is 2. The van der Waals surface area contributed by atoms with Crippen molar-refractivity contribution in [3.8, 4) is 0 Å². The molecule has 0 aromatic rings. The van der Waals surface area contributed by atoms with Gasteiger partial charge in [0.1, 0.15) is 0 Å². The molecule has 0 heterocycles. The summed E-state index contributed by atoms with van der Waals surface area (Å²) in [6, 6.07) is 0. The largest absolute Gasteiger partial charge is 0.447 e. The molecule has 0 aromatic carbocycles. The SMILES string of the molecule is CC(C)(OC(=O)/C=C/C(=O)OC(C)(C)C(F)(F)F)C(F)(F)F. The molecule has 0 radical (unpaired) electrons. The number of rotatable bonds is 4. The fourth-order valence-corrected chi connectivity index (χ4v) is 0.823. The van der Waals surface area contributed by atoms with E-state index in [4.69, 9.17) is 0 Å². The summed E-state index contributed by atoms with van der Waals surface area (Å²) in [5.41, 5.74) is -5.63. The van der Waals surface area contributed by atoms with Crippen LogP contribution < -0.4 is 0 Å². The second-order valence-corrected chi connectivity index (χ2v) is 5.19. The lowest BCUT2D eigenvalue weighted by Crippen LogP contribution is -2.43. The Morgan fingerprint density at radius 3 is 1.09 bits per heavy atom. The third kappa shape index (κ3) is 5.57. The first-order valence-corrected chi connectivity index (χ1v) is 5.77. The van der Waals surface area contributed by atoms with Gasteiger partial charge >= 0.3 is 24.3 Å². The third-order valence-corrected chi connectivity index (χ3v) is 2.43. The van der Waals surface area contributed by atoms with Crippen molar-refractivity contribution < 1.29 is 45.4 Å². The molecule has 0 rings (SSSR count). The summed E-state index contributed by atoms with van der Waals surface area (Å²) < 4.78 is 82.7. The van der Waals surface area contributed by atoms with Gasteiger partial charge in [0.05, 0.1) is 0 Å². The molecule has 0 aromatic heterocycles. The lowest BCUT2D eigenvalue weighted by atomic mass is 10.1. The Morgan fingerprint density at radius 2 is 0.909 bits per heavy atom. The molecule has 0 N–H and O–H groups in total. The Hall–Kier alpha value is -1.74. The summed E-state index contributed by atoms with van der Waals surface area (Å²) in [7, 11) is 0. The number of carbonyl (C=O) groups is 2. The monoisotopic (exact) mass is 336 g/mol. The predicted octanol–water partition coefficient (Wildman–Crippen LogP) is 3.31. The van der Waals surface area contributed by atoms with E-state index in [9.17, 15) is 35.9 Å². The van der Waals surface area contributed by atoms with Gasteiger partial charge in [-0.1, -0.05) is 0 Å². The molecule has 0 bridgehead atoms. The maximum atomic E-state index is 12.4. The Morgan fingerprint density at radius 1 is 0.682 bits per heavy atom. The molecule has 22 heavy (non-hydrogen) atoms. The summed E-state index contributed by atoms with van der Waals surface area (Å²) in [6.07, 6.45) is -9.20. The van der Waals surface area contributed by atoms with Crippen LogP contribution in [-0.4, -0.2) is 35.5 Å². The molecule has 0 fully saturated rings. The Kier molecular flexibility index (Phi) is 5.68. The average molecular weight is 336 g/mol. The van der Waals surface area contributed by atoms with Crippen molar-refractivity contribution in [1.82, 2.24) is 0 Å². The molecular weight excluding hydrogens is 322 g/mol. The summed E-state index contributed by atoms with van der Waals surface area (Å²) in [6.45, 7) is 2.29. The van der Waals surface area contributed by atoms with Gasteiger partial charge < -0.3 is 9.47 Å². The second kappa shape index (κ2) is 6.17. The number of ether oxygens (including phenoxy) is 2. The van der Waals surface area contributed by atoms with Crippen molar-refractivity contribution in [2.45, 2.75) is 51.2 Å². The smallest absolute Gasteiger partial charge is 0.427 e. The highest BCUT2D eigenvalue weighted by Gasteiger charge is 2.51. The van der Waals surface area contributed by atoms with Crippen LogP contribution in [-0.2, 0) is 19.1 Å². The zero-order valence-electron chi connectivity index (χ0n) is 12.1. The van der Waals surface area contributed by atoms with E-state index >= 15 is 0 Å². The topological polar surface area (TPSA) is 52.6 Å². The minimum atomic E-state index is -4.85. The normalized spacial score (nSPS) is 14.1. The molecule has 0 unspecified atom stereocenters. The van der Waals surface area contributed by atoms with E-state index < -0.39 is 35.5 Å². The average Bonchev–Trinajstić information content (AvgIpc) is 2.21. The first kappa shape index (κ1) is 20.3. The lowest BCUT2D eigenvalue weighted by molar-refractivity contribution is -0.255. The van der Waals surface area contributed by atoms with E-state index in [-0.39, 0.29) is 12.2 Å². The van der Waals surface area contributed by atoms with Gasteiger partial charge in [-0.05, 0) is 27.7 Å². The number of alkyl halides is 6. The van der Waals surface area contributed by atoms with E-state index in [1.165, 1.54) is 0 Å². The molecule has 128 valence electrons. The highest BCUT2D eigenvalue weighted by Crippen LogP contribution is 2.34. The summed E-state index contributed by atoms with van der Waals surface area (Å²) in [5.74, 6) is -3.10. The highest BCUT2D eigenvalue weighted by atomic mass is 19.4. The van der Waals surface area contributed by atoms with Crippen LogP contribution in [0.25, 0.3) is 0 Å². The van der Waals surface area contributed by atoms with Crippen LogP contribution >= 0.6 is 0 Å². The summed E-state index contributed by atoms with van der Waals surface area (Å²) in [4.78, 5) is 22.3. The van der Waals surface area contributed by atoms with Crippen LogP contribution in [0.4, 0.5) is 26.3 Å². The van der Waals surface area contributed by atoms with Crippen LogP contribution in [0.5, 0.6) is 0 Å². The fraction of sp³-hybridized carbons (Fsp3) is 0.667. The van der Waals surface area contributed by atoms with Crippen LogP contribution in [0, 0.1) is 0 Å². The van der Waals surface area contributed by atoms with Crippen molar-refractivity contribution in [3.05, 3.63) is 12.2 Å². The van der Waals surface area contributed by atoms with Gasteiger partial charge in [-0.15, -0.1) is 0 Å². The first-order valence-electron chi connectivity index (χ1n) is 5.77. The van der Waals surface area contributed by atoms with Gasteiger partial charge in [0, 0.05) is 12.2 Å². The molecule has 0 aliphatic rings. The zero-order chi connectivity index (χ0) is 18.0. The van der Waals surface area contributed by atoms with Crippen LogP contribution in [0.1, 0.15) is 27.7 Å². The fourth-order valence-electron chi connectivity index (χ4n) is 0.823. The Bertz CT molecular complexity index is 417. The molecule has 0 saturated heterocycles. The van der Waals surface area contributed by atoms with E-state index in [0.29, 0.717) is 27.7 Å². The van der Waals surface area contributed by atoms with E-state index in [0.717, 1.165) is 0 Å².